The average molecular weight is 385 g/mol. The molecule has 2 unspecified atom stereocenters. The lowest BCUT2D eigenvalue weighted by Crippen LogP contribution is -2.45. The van der Waals surface area contributed by atoms with Gasteiger partial charge in [0.1, 0.15) is 12.4 Å². The second-order valence-corrected chi connectivity index (χ2v) is 7.66. The highest BCUT2D eigenvalue weighted by Gasteiger charge is 2.31. The molecule has 7 heteroatoms. The molecule has 3 heterocycles. The summed E-state index contributed by atoms with van der Waals surface area (Å²) in [6, 6.07) is 1.65. The predicted octanol–water partition coefficient (Wildman–Crippen LogP) is 3.27. The van der Waals surface area contributed by atoms with Crippen LogP contribution in [0, 0.1) is 0 Å². The average Bonchev–Trinajstić information content (AvgIpc) is 3.24. The Balaban J connectivity index is 1.79. The van der Waals surface area contributed by atoms with Crippen LogP contribution in [0.2, 0.25) is 0 Å². The summed E-state index contributed by atoms with van der Waals surface area (Å²) < 4.78 is 1.77. The van der Waals surface area contributed by atoms with Crippen LogP contribution in [0.25, 0.3) is 5.95 Å². The standard InChI is InChI=1S/C21H32N6O/c1-3-4-6-9-17(2)24-20(28)19(26-13-7-5-8-14-26)18-10-11-23-21(25-18)27-15-12-22-16-27/h10-12,15-17,19H,3-9,13-14H2,1-2H3,(H,24,28). The molecular weight excluding hydrogens is 352 g/mol. The molecule has 1 amide bonds. The van der Waals surface area contributed by atoms with E-state index in [2.05, 4.69) is 34.0 Å². The zero-order valence-corrected chi connectivity index (χ0v) is 17.0. The second kappa shape index (κ2) is 10.3. The molecule has 2 aromatic rings. The third kappa shape index (κ3) is 5.38. The Labute approximate surface area is 167 Å². The molecule has 7 nitrogen and oxygen atoms in total. The molecule has 28 heavy (non-hydrogen) atoms. The van der Waals surface area contributed by atoms with E-state index in [1.165, 1.54) is 19.3 Å². The summed E-state index contributed by atoms with van der Waals surface area (Å²) in [4.78, 5) is 28.6. The first-order chi connectivity index (χ1) is 13.7. The van der Waals surface area contributed by atoms with Crippen LogP contribution in [-0.4, -0.2) is 49.5 Å². The van der Waals surface area contributed by atoms with E-state index in [9.17, 15) is 4.79 Å². The van der Waals surface area contributed by atoms with Gasteiger partial charge in [-0.1, -0.05) is 32.6 Å². The molecule has 0 aliphatic carbocycles. The Morgan fingerprint density at radius 3 is 2.75 bits per heavy atom. The van der Waals surface area contributed by atoms with E-state index >= 15 is 0 Å². The molecule has 1 saturated heterocycles. The number of aromatic nitrogens is 4. The van der Waals surface area contributed by atoms with Gasteiger partial charge in [0.05, 0.1) is 5.69 Å². The highest BCUT2D eigenvalue weighted by Crippen LogP contribution is 2.24. The van der Waals surface area contributed by atoms with Gasteiger partial charge in [-0.3, -0.25) is 14.3 Å². The molecule has 1 N–H and O–H groups in total. The maximum absolute atomic E-state index is 13.3. The van der Waals surface area contributed by atoms with E-state index in [1.54, 1.807) is 23.3 Å². The summed E-state index contributed by atoms with van der Waals surface area (Å²) in [7, 11) is 0. The van der Waals surface area contributed by atoms with Gasteiger partial charge in [0.2, 0.25) is 11.9 Å². The topological polar surface area (TPSA) is 75.9 Å². The fourth-order valence-electron chi connectivity index (χ4n) is 3.77. The minimum Gasteiger partial charge on any atom is -0.352 e. The maximum Gasteiger partial charge on any atom is 0.243 e. The highest BCUT2D eigenvalue weighted by atomic mass is 16.2. The summed E-state index contributed by atoms with van der Waals surface area (Å²) in [6.45, 7) is 6.14. The number of hydrogen-bond donors (Lipinski definition) is 1. The molecule has 1 aliphatic heterocycles. The van der Waals surface area contributed by atoms with Crippen LogP contribution < -0.4 is 5.32 Å². The van der Waals surface area contributed by atoms with Crippen molar-refractivity contribution in [2.75, 3.05) is 13.1 Å². The number of rotatable bonds is 9. The van der Waals surface area contributed by atoms with Crippen LogP contribution in [0.1, 0.15) is 70.5 Å². The van der Waals surface area contributed by atoms with Gasteiger partial charge in [0.15, 0.2) is 0 Å². The SMILES string of the molecule is CCCCCC(C)NC(=O)C(c1ccnc(-n2ccnc2)n1)N1CCCCC1. The van der Waals surface area contributed by atoms with Crippen LogP contribution >= 0.6 is 0 Å². The third-order valence-corrected chi connectivity index (χ3v) is 5.31. The summed E-state index contributed by atoms with van der Waals surface area (Å²) in [5.74, 6) is 0.585. The number of imidazole rings is 1. The van der Waals surface area contributed by atoms with E-state index in [4.69, 9.17) is 4.98 Å². The molecule has 0 spiro atoms. The number of carbonyl (C=O) groups excluding carboxylic acids is 1. The summed E-state index contributed by atoms with van der Waals surface area (Å²) >= 11 is 0. The number of nitrogens with zero attached hydrogens (tertiary/aromatic N) is 5. The molecule has 0 aromatic carbocycles. The lowest BCUT2D eigenvalue weighted by Gasteiger charge is -2.34. The van der Waals surface area contributed by atoms with Crippen LogP contribution in [-0.2, 0) is 4.79 Å². The summed E-state index contributed by atoms with van der Waals surface area (Å²) in [6.07, 6.45) is 14.9. The molecule has 0 saturated carbocycles. The lowest BCUT2D eigenvalue weighted by atomic mass is 10.0. The monoisotopic (exact) mass is 384 g/mol. The Kier molecular flexibility index (Phi) is 7.54. The van der Waals surface area contributed by atoms with Gasteiger partial charge in [-0.15, -0.1) is 0 Å². The number of unbranched alkanes of at least 4 members (excludes halogenated alkanes) is 2. The number of carbonyl (C=O) groups is 1. The van der Waals surface area contributed by atoms with E-state index in [0.717, 1.165) is 44.5 Å². The van der Waals surface area contributed by atoms with Crippen molar-refractivity contribution in [2.24, 2.45) is 0 Å². The number of nitrogens with one attached hydrogen (secondary N) is 1. The zero-order valence-electron chi connectivity index (χ0n) is 17.0. The van der Waals surface area contributed by atoms with Gasteiger partial charge >= 0.3 is 0 Å². The van der Waals surface area contributed by atoms with Crippen molar-refractivity contribution in [1.82, 2.24) is 29.7 Å². The molecule has 152 valence electrons. The second-order valence-electron chi connectivity index (χ2n) is 7.66. The van der Waals surface area contributed by atoms with Crippen molar-refractivity contribution in [1.29, 1.82) is 0 Å². The first-order valence-corrected chi connectivity index (χ1v) is 10.5. The largest absolute Gasteiger partial charge is 0.352 e. The molecular formula is C21H32N6O. The maximum atomic E-state index is 13.3. The van der Waals surface area contributed by atoms with Crippen molar-refractivity contribution in [3.63, 3.8) is 0 Å². The highest BCUT2D eigenvalue weighted by molar-refractivity contribution is 5.83. The van der Waals surface area contributed by atoms with Gasteiger partial charge in [-0.25, -0.2) is 15.0 Å². The zero-order chi connectivity index (χ0) is 19.8. The molecule has 1 fully saturated rings. The minimum absolute atomic E-state index is 0.0428. The quantitative estimate of drug-likeness (QED) is 0.672. The Morgan fingerprint density at radius 2 is 2.04 bits per heavy atom. The molecule has 2 aromatic heterocycles. The summed E-state index contributed by atoms with van der Waals surface area (Å²) in [5, 5.41) is 3.23. The fraction of sp³-hybridized carbons (Fsp3) is 0.619. The lowest BCUT2D eigenvalue weighted by molar-refractivity contribution is -0.128. The van der Waals surface area contributed by atoms with Crippen LogP contribution in [0.4, 0.5) is 0 Å². The smallest absolute Gasteiger partial charge is 0.243 e. The van der Waals surface area contributed by atoms with Crippen molar-refractivity contribution >= 4 is 5.91 Å². The number of amides is 1. The number of piperidine rings is 1. The van der Waals surface area contributed by atoms with E-state index in [0.29, 0.717) is 5.95 Å². The van der Waals surface area contributed by atoms with Crippen molar-refractivity contribution in [3.05, 3.63) is 36.7 Å². The predicted molar refractivity (Wildman–Crippen MR) is 109 cm³/mol. The van der Waals surface area contributed by atoms with E-state index in [1.807, 2.05) is 12.3 Å². The number of likely N-dealkylation sites (tertiary alicyclic amines) is 1. The van der Waals surface area contributed by atoms with Gasteiger partial charge in [0, 0.05) is 24.6 Å². The normalized spacial score (nSPS) is 17.2. The first kappa shape index (κ1) is 20.5. The third-order valence-electron chi connectivity index (χ3n) is 5.31. The first-order valence-electron chi connectivity index (χ1n) is 10.5. The van der Waals surface area contributed by atoms with Crippen LogP contribution in [0.3, 0.4) is 0 Å². The van der Waals surface area contributed by atoms with E-state index in [-0.39, 0.29) is 18.0 Å². The van der Waals surface area contributed by atoms with Crippen molar-refractivity contribution < 1.29 is 4.79 Å². The Bertz CT molecular complexity index is 726. The number of hydrogen-bond acceptors (Lipinski definition) is 5. The summed E-state index contributed by atoms with van der Waals surface area (Å²) in [5.41, 5.74) is 0.749. The van der Waals surface area contributed by atoms with Gasteiger partial charge in [0.25, 0.3) is 0 Å². The molecule has 0 bridgehead atoms. The fourth-order valence-corrected chi connectivity index (χ4v) is 3.77. The minimum atomic E-state index is -0.376. The van der Waals surface area contributed by atoms with Crippen LogP contribution in [0.5, 0.6) is 0 Å². The molecule has 1 aliphatic rings. The van der Waals surface area contributed by atoms with Gasteiger partial charge in [-0.2, -0.15) is 0 Å². The van der Waals surface area contributed by atoms with Gasteiger partial charge in [-0.05, 0) is 45.3 Å². The van der Waals surface area contributed by atoms with Crippen molar-refractivity contribution in [2.45, 2.75) is 70.9 Å². The molecule has 2 atom stereocenters. The molecule has 0 radical (unpaired) electrons. The van der Waals surface area contributed by atoms with Gasteiger partial charge < -0.3 is 5.32 Å². The van der Waals surface area contributed by atoms with E-state index < -0.39 is 0 Å². The Morgan fingerprint density at radius 1 is 1.21 bits per heavy atom. The Hall–Kier alpha value is -2.28. The van der Waals surface area contributed by atoms with Crippen LogP contribution in [0.15, 0.2) is 31.0 Å². The van der Waals surface area contributed by atoms with Crippen molar-refractivity contribution in [3.8, 4) is 5.95 Å². The molecule has 3 rings (SSSR count).